The largest absolute Gasteiger partial charge is 0.469 e. The van der Waals surface area contributed by atoms with E-state index in [0.717, 1.165) is 19.3 Å². The lowest BCUT2D eigenvalue weighted by Crippen LogP contribution is -2.37. The second-order valence-corrected chi connectivity index (χ2v) is 6.57. The third kappa shape index (κ3) is 2.25. The normalized spacial score (nSPS) is 27.9. The molecule has 0 aliphatic heterocycles. The molecule has 2 aliphatic carbocycles. The molecule has 2 nitrogen and oxygen atoms in total. The highest BCUT2D eigenvalue weighted by molar-refractivity contribution is 5.78. The lowest BCUT2D eigenvalue weighted by Gasteiger charge is -2.35. The van der Waals surface area contributed by atoms with Crippen molar-refractivity contribution < 1.29 is 9.53 Å². The summed E-state index contributed by atoms with van der Waals surface area (Å²) in [5.41, 5.74) is 2.50. The molecule has 0 aromatic heterocycles. The van der Waals surface area contributed by atoms with Crippen LogP contribution < -0.4 is 0 Å². The van der Waals surface area contributed by atoms with Crippen LogP contribution in [0.4, 0.5) is 0 Å². The summed E-state index contributed by atoms with van der Waals surface area (Å²) >= 11 is 0. The predicted octanol–water partition coefficient (Wildman–Crippen LogP) is 4.22. The number of aryl methyl sites for hydroxylation is 1. The molecule has 1 aromatic rings. The van der Waals surface area contributed by atoms with Crippen LogP contribution in [0.3, 0.4) is 0 Å². The first-order valence-electron chi connectivity index (χ1n) is 7.82. The highest BCUT2D eigenvalue weighted by Gasteiger charge is 2.57. The molecule has 2 atom stereocenters. The average Bonchev–Trinajstić information content (AvgIpc) is 3.29. The number of ether oxygens (including phenoxy) is 1. The molecule has 2 heteroatoms. The van der Waals surface area contributed by atoms with Gasteiger partial charge in [-0.05, 0) is 43.6 Å². The number of carbonyl (C=O) groups is 1. The molecule has 0 spiro atoms. The average molecular weight is 272 g/mol. The standard InChI is InChI=1S/C18H24O2/c1-13-6-8-14(9-7-13)15-12-16(15)18(17(19)20-2)10-4-3-5-11-18/h6-9,15-16H,3-5,10-12H2,1-2H3. The smallest absolute Gasteiger partial charge is 0.312 e. The van der Waals surface area contributed by atoms with Crippen LogP contribution in [-0.2, 0) is 9.53 Å². The summed E-state index contributed by atoms with van der Waals surface area (Å²) in [7, 11) is 1.54. The molecule has 2 aliphatic rings. The molecule has 108 valence electrons. The first-order valence-corrected chi connectivity index (χ1v) is 7.82. The maximum atomic E-state index is 12.4. The van der Waals surface area contributed by atoms with Crippen molar-refractivity contribution in [3.8, 4) is 0 Å². The minimum Gasteiger partial charge on any atom is -0.469 e. The fourth-order valence-corrected chi connectivity index (χ4v) is 4.10. The summed E-state index contributed by atoms with van der Waals surface area (Å²) < 4.78 is 5.16. The van der Waals surface area contributed by atoms with Crippen LogP contribution in [0.2, 0.25) is 0 Å². The minimum absolute atomic E-state index is 0.0387. The van der Waals surface area contributed by atoms with Gasteiger partial charge in [-0.1, -0.05) is 49.1 Å². The van der Waals surface area contributed by atoms with Gasteiger partial charge in [0.1, 0.15) is 0 Å². The van der Waals surface area contributed by atoms with Gasteiger partial charge in [-0.3, -0.25) is 4.79 Å². The van der Waals surface area contributed by atoms with Gasteiger partial charge in [0.05, 0.1) is 12.5 Å². The Morgan fingerprint density at radius 3 is 2.40 bits per heavy atom. The summed E-state index contributed by atoms with van der Waals surface area (Å²) in [5.74, 6) is 1.10. The van der Waals surface area contributed by atoms with Crippen LogP contribution in [-0.4, -0.2) is 13.1 Å². The number of hydrogen-bond donors (Lipinski definition) is 0. The van der Waals surface area contributed by atoms with E-state index >= 15 is 0 Å². The van der Waals surface area contributed by atoms with Gasteiger partial charge in [-0.15, -0.1) is 0 Å². The Kier molecular flexibility index (Phi) is 3.57. The summed E-state index contributed by atoms with van der Waals surface area (Å²) in [6.45, 7) is 2.12. The van der Waals surface area contributed by atoms with Gasteiger partial charge in [0.25, 0.3) is 0 Å². The molecular formula is C18H24O2. The van der Waals surface area contributed by atoms with Gasteiger partial charge >= 0.3 is 5.97 Å². The van der Waals surface area contributed by atoms with Crippen molar-refractivity contribution in [1.29, 1.82) is 0 Å². The number of rotatable bonds is 3. The number of methoxy groups -OCH3 is 1. The summed E-state index contributed by atoms with van der Waals surface area (Å²) in [6, 6.07) is 8.81. The van der Waals surface area contributed by atoms with Crippen molar-refractivity contribution in [2.75, 3.05) is 7.11 Å². The Morgan fingerprint density at radius 2 is 1.80 bits per heavy atom. The molecule has 0 amide bonds. The van der Waals surface area contributed by atoms with Crippen LogP contribution in [0.5, 0.6) is 0 Å². The van der Waals surface area contributed by atoms with E-state index in [1.807, 2.05) is 0 Å². The van der Waals surface area contributed by atoms with Gasteiger partial charge in [0, 0.05) is 0 Å². The molecule has 0 bridgehead atoms. The minimum atomic E-state index is -0.192. The van der Waals surface area contributed by atoms with Crippen molar-refractivity contribution in [1.82, 2.24) is 0 Å². The fraction of sp³-hybridized carbons (Fsp3) is 0.611. The number of esters is 1. The van der Waals surface area contributed by atoms with Gasteiger partial charge in [0.15, 0.2) is 0 Å². The summed E-state index contributed by atoms with van der Waals surface area (Å²) in [5, 5.41) is 0. The molecule has 0 radical (unpaired) electrons. The van der Waals surface area contributed by atoms with E-state index in [1.165, 1.54) is 30.4 Å². The fourth-order valence-electron chi connectivity index (χ4n) is 4.10. The molecule has 2 fully saturated rings. The second-order valence-electron chi connectivity index (χ2n) is 6.57. The van der Waals surface area contributed by atoms with Crippen LogP contribution in [0.25, 0.3) is 0 Å². The lowest BCUT2D eigenvalue weighted by molar-refractivity contribution is -0.156. The van der Waals surface area contributed by atoms with Crippen molar-refractivity contribution in [3.05, 3.63) is 35.4 Å². The molecule has 2 unspecified atom stereocenters. The number of hydrogen-bond acceptors (Lipinski definition) is 2. The Bertz CT molecular complexity index is 483. The van der Waals surface area contributed by atoms with Crippen molar-refractivity contribution >= 4 is 5.97 Å². The van der Waals surface area contributed by atoms with Crippen LogP contribution >= 0.6 is 0 Å². The van der Waals surface area contributed by atoms with Gasteiger partial charge in [0.2, 0.25) is 0 Å². The second kappa shape index (κ2) is 5.23. The third-order valence-electron chi connectivity index (χ3n) is 5.34. The maximum Gasteiger partial charge on any atom is 0.312 e. The molecule has 3 rings (SSSR count). The molecular weight excluding hydrogens is 248 g/mol. The van der Waals surface area contributed by atoms with E-state index in [2.05, 4.69) is 31.2 Å². The maximum absolute atomic E-state index is 12.4. The van der Waals surface area contributed by atoms with Crippen molar-refractivity contribution in [2.45, 2.75) is 51.4 Å². The van der Waals surface area contributed by atoms with Crippen LogP contribution in [0, 0.1) is 18.3 Å². The predicted molar refractivity (Wildman–Crippen MR) is 79.6 cm³/mol. The topological polar surface area (TPSA) is 26.3 Å². The number of carbonyl (C=O) groups excluding carboxylic acids is 1. The highest BCUT2D eigenvalue weighted by atomic mass is 16.5. The Balaban J connectivity index is 1.80. The molecule has 20 heavy (non-hydrogen) atoms. The summed E-state index contributed by atoms with van der Waals surface area (Å²) in [4.78, 5) is 12.4. The Hall–Kier alpha value is -1.31. The monoisotopic (exact) mass is 272 g/mol. The van der Waals surface area contributed by atoms with Crippen molar-refractivity contribution in [3.63, 3.8) is 0 Å². The van der Waals surface area contributed by atoms with E-state index in [1.54, 1.807) is 7.11 Å². The first-order chi connectivity index (χ1) is 9.67. The zero-order valence-electron chi connectivity index (χ0n) is 12.5. The van der Waals surface area contributed by atoms with Gasteiger partial charge in [-0.2, -0.15) is 0 Å². The Morgan fingerprint density at radius 1 is 1.15 bits per heavy atom. The van der Waals surface area contributed by atoms with E-state index in [0.29, 0.717) is 11.8 Å². The lowest BCUT2D eigenvalue weighted by atomic mass is 9.69. The summed E-state index contributed by atoms with van der Waals surface area (Å²) in [6.07, 6.45) is 6.80. The third-order valence-corrected chi connectivity index (χ3v) is 5.34. The van der Waals surface area contributed by atoms with Crippen LogP contribution in [0.15, 0.2) is 24.3 Å². The van der Waals surface area contributed by atoms with E-state index in [9.17, 15) is 4.79 Å². The van der Waals surface area contributed by atoms with E-state index in [4.69, 9.17) is 4.74 Å². The number of benzene rings is 1. The van der Waals surface area contributed by atoms with E-state index in [-0.39, 0.29) is 11.4 Å². The molecule has 0 saturated heterocycles. The zero-order chi connectivity index (χ0) is 14.2. The van der Waals surface area contributed by atoms with Crippen LogP contribution in [0.1, 0.15) is 55.6 Å². The molecule has 2 saturated carbocycles. The molecule has 0 heterocycles. The highest BCUT2D eigenvalue weighted by Crippen LogP contribution is 2.62. The van der Waals surface area contributed by atoms with Gasteiger partial charge in [-0.25, -0.2) is 0 Å². The molecule has 1 aromatic carbocycles. The van der Waals surface area contributed by atoms with Crippen molar-refractivity contribution in [2.24, 2.45) is 11.3 Å². The Labute approximate surface area is 121 Å². The SMILES string of the molecule is COC(=O)C1(C2CC2c2ccc(C)cc2)CCCCC1. The van der Waals surface area contributed by atoms with Gasteiger partial charge < -0.3 is 4.74 Å². The molecule has 0 N–H and O–H groups in total. The quantitative estimate of drug-likeness (QED) is 0.770. The first kappa shape index (κ1) is 13.7. The van der Waals surface area contributed by atoms with E-state index < -0.39 is 0 Å². The zero-order valence-corrected chi connectivity index (χ0v) is 12.5.